The number of carbonyl (C=O) groups is 3. The van der Waals surface area contributed by atoms with Crippen molar-refractivity contribution in [1.29, 1.82) is 0 Å². The lowest BCUT2D eigenvalue weighted by Crippen LogP contribution is -2.44. The lowest BCUT2D eigenvalue weighted by atomic mass is 9.62. The molecule has 0 amide bonds. The van der Waals surface area contributed by atoms with Crippen molar-refractivity contribution < 1.29 is 19.5 Å². The molecule has 4 heteroatoms. The van der Waals surface area contributed by atoms with E-state index in [-0.39, 0.29) is 29.8 Å². The summed E-state index contributed by atoms with van der Waals surface area (Å²) in [5, 5.41) is 8.82. The van der Waals surface area contributed by atoms with Gasteiger partial charge in [0.15, 0.2) is 17.5 Å². The van der Waals surface area contributed by atoms with Gasteiger partial charge in [0.05, 0.1) is 0 Å². The zero-order valence-electron chi connectivity index (χ0n) is 9.20. The number of hydrogen-bond acceptors (Lipinski definition) is 3. The summed E-state index contributed by atoms with van der Waals surface area (Å²) in [5.41, 5.74) is -0.196. The van der Waals surface area contributed by atoms with Crippen molar-refractivity contribution in [3.05, 3.63) is 0 Å². The van der Waals surface area contributed by atoms with Crippen LogP contribution in [0, 0.1) is 11.3 Å². The average Bonchev–Trinajstić information content (AvgIpc) is 2.16. The molecule has 0 aliphatic heterocycles. The van der Waals surface area contributed by atoms with Crippen LogP contribution in [0.3, 0.4) is 0 Å². The number of carboxylic acid groups (broad SMARTS) is 1. The topological polar surface area (TPSA) is 71.4 Å². The highest BCUT2D eigenvalue weighted by atomic mass is 16.4. The quantitative estimate of drug-likeness (QED) is 0.686. The van der Waals surface area contributed by atoms with Crippen LogP contribution in [0.25, 0.3) is 0 Å². The van der Waals surface area contributed by atoms with Gasteiger partial charge in [-0.2, -0.15) is 0 Å². The Balaban J connectivity index is 2.17. The molecule has 16 heavy (non-hydrogen) atoms. The molecule has 88 valence electrons. The molecular weight excluding hydrogens is 208 g/mol. The van der Waals surface area contributed by atoms with E-state index in [4.69, 9.17) is 5.11 Å². The SMILES string of the molecule is O=C(O)C1C(=O)CC2(CCCCC2)CC1=O. The van der Waals surface area contributed by atoms with Gasteiger partial charge in [0, 0.05) is 12.8 Å². The molecule has 2 saturated carbocycles. The minimum atomic E-state index is -1.38. The molecule has 2 aliphatic carbocycles. The lowest BCUT2D eigenvalue weighted by molar-refractivity contribution is -0.155. The predicted octanol–water partition coefficient (Wildman–Crippen LogP) is 1.57. The van der Waals surface area contributed by atoms with Crippen molar-refractivity contribution in [2.75, 3.05) is 0 Å². The van der Waals surface area contributed by atoms with Gasteiger partial charge < -0.3 is 5.11 Å². The molecule has 2 fully saturated rings. The molecule has 0 atom stereocenters. The molecule has 1 spiro atoms. The Morgan fingerprint density at radius 3 is 2.00 bits per heavy atom. The standard InChI is InChI=1S/C12H16O4/c13-8-6-12(4-2-1-3-5-12)7-9(14)10(8)11(15)16/h10H,1-7H2,(H,15,16). The Kier molecular flexibility index (Phi) is 2.82. The highest BCUT2D eigenvalue weighted by Crippen LogP contribution is 2.46. The van der Waals surface area contributed by atoms with E-state index in [0.717, 1.165) is 32.1 Å². The summed E-state index contributed by atoms with van der Waals surface area (Å²) in [6, 6.07) is 0. The van der Waals surface area contributed by atoms with E-state index in [2.05, 4.69) is 0 Å². The molecule has 1 N–H and O–H groups in total. The summed E-state index contributed by atoms with van der Waals surface area (Å²) >= 11 is 0. The number of Topliss-reactive ketones (excluding diaryl/α,β-unsaturated/α-hetero) is 2. The maximum atomic E-state index is 11.7. The van der Waals surface area contributed by atoms with Crippen molar-refractivity contribution in [3.63, 3.8) is 0 Å². The van der Waals surface area contributed by atoms with E-state index in [1.165, 1.54) is 0 Å². The molecule has 2 rings (SSSR count). The molecule has 0 radical (unpaired) electrons. The normalized spacial score (nSPS) is 26.0. The van der Waals surface area contributed by atoms with Crippen molar-refractivity contribution in [1.82, 2.24) is 0 Å². The third-order valence-corrected chi connectivity index (χ3v) is 3.90. The molecule has 0 aromatic carbocycles. The van der Waals surface area contributed by atoms with E-state index in [0.29, 0.717) is 0 Å². The molecule has 0 bridgehead atoms. The van der Waals surface area contributed by atoms with Crippen LogP contribution < -0.4 is 0 Å². The van der Waals surface area contributed by atoms with Crippen LogP contribution in [0.5, 0.6) is 0 Å². The summed E-state index contributed by atoms with van der Waals surface area (Å²) in [4.78, 5) is 34.2. The minimum absolute atomic E-state index is 0.196. The first-order valence-corrected chi connectivity index (χ1v) is 5.82. The zero-order chi connectivity index (χ0) is 11.8. The molecular formula is C12H16O4. The van der Waals surface area contributed by atoms with Crippen LogP contribution in [0.1, 0.15) is 44.9 Å². The maximum absolute atomic E-state index is 11.7. The third-order valence-electron chi connectivity index (χ3n) is 3.90. The molecule has 0 saturated heterocycles. The van der Waals surface area contributed by atoms with Crippen LogP contribution in [0.2, 0.25) is 0 Å². The van der Waals surface area contributed by atoms with Crippen molar-refractivity contribution in [2.24, 2.45) is 11.3 Å². The van der Waals surface area contributed by atoms with Gasteiger partial charge in [-0.1, -0.05) is 19.3 Å². The van der Waals surface area contributed by atoms with Gasteiger partial charge in [0.1, 0.15) is 0 Å². The van der Waals surface area contributed by atoms with Crippen LogP contribution in [-0.4, -0.2) is 22.6 Å². The first kappa shape index (κ1) is 11.3. The molecule has 2 aliphatic rings. The Morgan fingerprint density at radius 1 is 1.06 bits per heavy atom. The molecule has 0 aromatic rings. The summed E-state index contributed by atoms with van der Waals surface area (Å²) in [6.45, 7) is 0. The summed E-state index contributed by atoms with van der Waals surface area (Å²) in [7, 11) is 0. The van der Waals surface area contributed by atoms with Crippen molar-refractivity contribution >= 4 is 17.5 Å². The number of hydrogen-bond donors (Lipinski definition) is 1. The second kappa shape index (κ2) is 4.00. The smallest absolute Gasteiger partial charge is 0.321 e. The van der Waals surface area contributed by atoms with Gasteiger partial charge >= 0.3 is 5.97 Å². The average molecular weight is 224 g/mol. The monoisotopic (exact) mass is 224 g/mol. The lowest BCUT2D eigenvalue weighted by Gasteiger charge is -2.40. The van der Waals surface area contributed by atoms with E-state index < -0.39 is 11.9 Å². The second-order valence-corrected chi connectivity index (χ2v) is 5.12. The van der Waals surface area contributed by atoms with Gasteiger partial charge in [-0.05, 0) is 18.3 Å². The van der Waals surface area contributed by atoms with Crippen LogP contribution in [0.4, 0.5) is 0 Å². The van der Waals surface area contributed by atoms with Gasteiger partial charge in [-0.15, -0.1) is 0 Å². The third kappa shape index (κ3) is 1.88. The Bertz CT molecular complexity index is 319. The van der Waals surface area contributed by atoms with E-state index in [1.54, 1.807) is 0 Å². The maximum Gasteiger partial charge on any atom is 0.321 e. The largest absolute Gasteiger partial charge is 0.480 e. The molecule has 0 heterocycles. The van der Waals surface area contributed by atoms with E-state index >= 15 is 0 Å². The fourth-order valence-corrected chi connectivity index (χ4v) is 3.12. The van der Waals surface area contributed by atoms with Gasteiger partial charge in [0.2, 0.25) is 0 Å². The Morgan fingerprint density at radius 2 is 1.56 bits per heavy atom. The molecule has 4 nitrogen and oxygen atoms in total. The number of aliphatic carboxylic acids is 1. The van der Waals surface area contributed by atoms with Gasteiger partial charge in [0.25, 0.3) is 0 Å². The molecule has 0 aromatic heterocycles. The van der Waals surface area contributed by atoms with E-state index in [9.17, 15) is 14.4 Å². The first-order valence-electron chi connectivity index (χ1n) is 5.82. The van der Waals surface area contributed by atoms with Gasteiger partial charge in [-0.3, -0.25) is 14.4 Å². The first-order chi connectivity index (χ1) is 7.54. The fourth-order valence-electron chi connectivity index (χ4n) is 3.12. The minimum Gasteiger partial charge on any atom is -0.480 e. The van der Waals surface area contributed by atoms with Crippen LogP contribution in [-0.2, 0) is 14.4 Å². The van der Waals surface area contributed by atoms with Gasteiger partial charge in [-0.25, -0.2) is 0 Å². The number of rotatable bonds is 1. The Hall–Kier alpha value is -1.19. The van der Waals surface area contributed by atoms with Crippen molar-refractivity contribution in [2.45, 2.75) is 44.9 Å². The number of carboxylic acids is 1. The Labute approximate surface area is 94.0 Å². The van der Waals surface area contributed by atoms with Crippen molar-refractivity contribution in [3.8, 4) is 0 Å². The molecule has 0 unspecified atom stereocenters. The fraction of sp³-hybridized carbons (Fsp3) is 0.750. The highest BCUT2D eigenvalue weighted by Gasteiger charge is 2.47. The predicted molar refractivity (Wildman–Crippen MR) is 55.9 cm³/mol. The highest BCUT2D eigenvalue weighted by molar-refractivity contribution is 6.18. The zero-order valence-corrected chi connectivity index (χ0v) is 9.20. The number of carbonyl (C=O) groups excluding carboxylic acids is 2. The summed E-state index contributed by atoms with van der Waals surface area (Å²) in [5.74, 6) is -3.43. The summed E-state index contributed by atoms with van der Waals surface area (Å²) in [6.07, 6.45) is 5.64. The van der Waals surface area contributed by atoms with E-state index in [1.807, 2.05) is 0 Å². The summed E-state index contributed by atoms with van der Waals surface area (Å²) < 4.78 is 0. The van der Waals surface area contributed by atoms with Crippen LogP contribution >= 0.6 is 0 Å². The second-order valence-electron chi connectivity index (χ2n) is 5.12. The number of ketones is 2. The van der Waals surface area contributed by atoms with Crippen LogP contribution in [0.15, 0.2) is 0 Å².